The van der Waals surface area contributed by atoms with E-state index in [4.69, 9.17) is 4.74 Å². The van der Waals surface area contributed by atoms with Crippen LogP contribution in [0.2, 0.25) is 0 Å². The van der Waals surface area contributed by atoms with E-state index in [2.05, 4.69) is 17.3 Å². The molecule has 3 heteroatoms. The molecule has 2 fully saturated rings. The van der Waals surface area contributed by atoms with Gasteiger partial charge in [0, 0.05) is 25.7 Å². The molecule has 0 radical (unpaired) electrons. The Balaban J connectivity index is 1.94. The number of hydrogen-bond donors (Lipinski definition) is 1. The topological polar surface area (TPSA) is 24.5 Å². The SMILES string of the molecule is CN1CC[C@H]2OCCCN[C@H]2C1. The third kappa shape index (κ3) is 1.79. The van der Waals surface area contributed by atoms with Gasteiger partial charge in [0.1, 0.15) is 0 Å². The second-order valence-electron chi connectivity index (χ2n) is 3.87. The van der Waals surface area contributed by atoms with E-state index in [9.17, 15) is 0 Å². The molecule has 0 aromatic carbocycles. The van der Waals surface area contributed by atoms with Gasteiger partial charge in [0.15, 0.2) is 0 Å². The highest BCUT2D eigenvalue weighted by atomic mass is 16.5. The lowest BCUT2D eigenvalue weighted by Crippen LogP contribution is -2.52. The Hall–Kier alpha value is -0.120. The van der Waals surface area contributed by atoms with Gasteiger partial charge in [-0.3, -0.25) is 0 Å². The summed E-state index contributed by atoms with van der Waals surface area (Å²) in [5, 5.41) is 3.55. The van der Waals surface area contributed by atoms with Gasteiger partial charge >= 0.3 is 0 Å². The minimum absolute atomic E-state index is 0.476. The number of rotatable bonds is 0. The monoisotopic (exact) mass is 170 g/mol. The van der Waals surface area contributed by atoms with E-state index in [0.29, 0.717) is 12.1 Å². The molecule has 1 N–H and O–H groups in total. The number of nitrogens with zero attached hydrogens (tertiary/aromatic N) is 1. The maximum atomic E-state index is 5.77. The molecule has 12 heavy (non-hydrogen) atoms. The molecule has 3 nitrogen and oxygen atoms in total. The van der Waals surface area contributed by atoms with Crippen LogP contribution in [0.3, 0.4) is 0 Å². The summed E-state index contributed by atoms with van der Waals surface area (Å²) in [5.41, 5.74) is 0. The van der Waals surface area contributed by atoms with Crippen LogP contribution in [-0.4, -0.2) is 50.3 Å². The summed E-state index contributed by atoms with van der Waals surface area (Å²) in [6.07, 6.45) is 2.83. The molecule has 2 atom stereocenters. The van der Waals surface area contributed by atoms with Gasteiger partial charge in [-0.15, -0.1) is 0 Å². The Morgan fingerprint density at radius 2 is 2.42 bits per heavy atom. The molecule has 2 saturated heterocycles. The van der Waals surface area contributed by atoms with Crippen molar-refractivity contribution < 1.29 is 4.74 Å². The fourth-order valence-corrected chi connectivity index (χ4v) is 2.08. The van der Waals surface area contributed by atoms with Crippen LogP contribution in [0.5, 0.6) is 0 Å². The number of hydrogen-bond acceptors (Lipinski definition) is 3. The highest BCUT2D eigenvalue weighted by molar-refractivity contribution is 4.86. The van der Waals surface area contributed by atoms with Crippen molar-refractivity contribution >= 4 is 0 Å². The zero-order valence-corrected chi connectivity index (χ0v) is 7.75. The lowest BCUT2D eigenvalue weighted by Gasteiger charge is -2.35. The van der Waals surface area contributed by atoms with Crippen LogP contribution in [0.25, 0.3) is 0 Å². The molecule has 70 valence electrons. The van der Waals surface area contributed by atoms with E-state index in [1.807, 2.05) is 0 Å². The van der Waals surface area contributed by atoms with Gasteiger partial charge in [0.25, 0.3) is 0 Å². The van der Waals surface area contributed by atoms with Crippen LogP contribution in [-0.2, 0) is 4.74 Å². The van der Waals surface area contributed by atoms with Crippen LogP contribution >= 0.6 is 0 Å². The molecule has 0 bridgehead atoms. The molecule has 2 rings (SSSR count). The largest absolute Gasteiger partial charge is 0.376 e. The Bertz CT molecular complexity index is 151. The number of piperidine rings is 1. The zero-order valence-electron chi connectivity index (χ0n) is 7.75. The average Bonchev–Trinajstić information content (AvgIpc) is 2.28. The first-order valence-corrected chi connectivity index (χ1v) is 4.90. The predicted molar refractivity (Wildman–Crippen MR) is 48.3 cm³/mol. The van der Waals surface area contributed by atoms with Crippen LogP contribution < -0.4 is 5.32 Å². The van der Waals surface area contributed by atoms with Crippen LogP contribution in [0.4, 0.5) is 0 Å². The molecule has 0 unspecified atom stereocenters. The molecule has 0 spiro atoms. The van der Waals surface area contributed by atoms with Crippen molar-refractivity contribution in [3.8, 4) is 0 Å². The Morgan fingerprint density at radius 3 is 3.33 bits per heavy atom. The van der Waals surface area contributed by atoms with Crippen molar-refractivity contribution in [2.75, 3.05) is 33.3 Å². The van der Waals surface area contributed by atoms with E-state index in [1.54, 1.807) is 0 Å². The Labute approximate surface area is 74.1 Å². The van der Waals surface area contributed by atoms with Crippen molar-refractivity contribution in [3.63, 3.8) is 0 Å². The summed E-state index contributed by atoms with van der Waals surface area (Å²) in [4.78, 5) is 2.38. The first kappa shape index (κ1) is 8.48. The summed E-state index contributed by atoms with van der Waals surface area (Å²) in [7, 11) is 2.18. The van der Waals surface area contributed by atoms with Gasteiger partial charge in [0.05, 0.1) is 6.10 Å². The number of fused-ring (bicyclic) bond motifs is 1. The minimum Gasteiger partial charge on any atom is -0.376 e. The lowest BCUT2D eigenvalue weighted by molar-refractivity contribution is 0.00361. The third-order valence-corrected chi connectivity index (χ3v) is 2.81. The van der Waals surface area contributed by atoms with Crippen molar-refractivity contribution in [2.24, 2.45) is 0 Å². The van der Waals surface area contributed by atoms with Crippen LogP contribution in [0.15, 0.2) is 0 Å². The molecular formula is C9H18N2O. The highest BCUT2D eigenvalue weighted by Crippen LogP contribution is 2.15. The summed E-state index contributed by atoms with van der Waals surface area (Å²) in [5.74, 6) is 0. The van der Waals surface area contributed by atoms with Gasteiger partial charge < -0.3 is 15.0 Å². The van der Waals surface area contributed by atoms with Crippen LogP contribution in [0, 0.1) is 0 Å². The highest BCUT2D eigenvalue weighted by Gasteiger charge is 2.28. The summed E-state index contributed by atoms with van der Waals surface area (Å²) < 4.78 is 5.77. The molecule has 2 aliphatic rings. The Morgan fingerprint density at radius 1 is 1.50 bits per heavy atom. The summed E-state index contributed by atoms with van der Waals surface area (Å²) in [6, 6.07) is 0.575. The van der Waals surface area contributed by atoms with E-state index < -0.39 is 0 Å². The van der Waals surface area contributed by atoms with Crippen molar-refractivity contribution in [3.05, 3.63) is 0 Å². The molecular weight excluding hydrogens is 152 g/mol. The quantitative estimate of drug-likeness (QED) is 0.557. The zero-order chi connectivity index (χ0) is 8.39. The van der Waals surface area contributed by atoms with E-state index >= 15 is 0 Å². The second-order valence-corrected chi connectivity index (χ2v) is 3.87. The third-order valence-electron chi connectivity index (χ3n) is 2.81. The fraction of sp³-hybridized carbons (Fsp3) is 1.00. The van der Waals surface area contributed by atoms with Gasteiger partial charge in [-0.1, -0.05) is 0 Å². The first-order chi connectivity index (χ1) is 5.86. The van der Waals surface area contributed by atoms with Crippen molar-refractivity contribution in [2.45, 2.75) is 25.0 Å². The molecule has 2 aliphatic heterocycles. The number of ether oxygens (including phenoxy) is 1. The summed E-state index contributed by atoms with van der Waals surface area (Å²) >= 11 is 0. The maximum Gasteiger partial charge on any atom is 0.0752 e. The molecule has 2 heterocycles. The fourth-order valence-electron chi connectivity index (χ4n) is 2.08. The smallest absolute Gasteiger partial charge is 0.0752 e. The van der Waals surface area contributed by atoms with Gasteiger partial charge in [-0.05, 0) is 26.4 Å². The van der Waals surface area contributed by atoms with Crippen molar-refractivity contribution in [1.29, 1.82) is 0 Å². The maximum absolute atomic E-state index is 5.77. The van der Waals surface area contributed by atoms with Crippen LogP contribution in [0.1, 0.15) is 12.8 Å². The molecule has 0 aromatic heterocycles. The first-order valence-electron chi connectivity index (χ1n) is 4.90. The predicted octanol–water partition coefficient (Wildman–Crippen LogP) is 0.0690. The van der Waals surface area contributed by atoms with Gasteiger partial charge in [0.2, 0.25) is 0 Å². The Kier molecular flexibility index (Phi) is 2.63. The normalized spacial score (nSPS) is 38.8. The number of nitrogens with one attached hydrogen (secondary N) is 1. The van der Waals surface area contributed by atoms with Gasteiger partial charge in [-0.25, -0.2) is 0 Å². The van der Waals surface area contributed by atoms with E-state index in [-0.39, 0.29) is 0 Å². The number of likely N-dealkylation sites (tertiary alicyclic amines) is 1. The van der Waals surface area contributed by atoms with E-state index in [0.717, 1.165) is 26.1 Å². The lowest BCUT2D eigenvalue weighted by atomic mass is 10.0. The minimum atomic E-state index is 0.476. The summed E-state index contributed by atoms with van der Waals surface area (Å²) in [6.45, 7) is 4.39. The molecule has 0 amide bonds. The number of likely N-dealkylation sites (N-methyl/N-ethyl adjacent to an activating group) is 1. The standard InChI is InChI=1S/C9H18N2O/c1-11-5-3-9-8(7-11)10-4-2-6-12-9/h8-10H,2-7H2,1H3/t8-,9+/m0/s1. The molecule has 0 saturated carbocycles. The van der Waals surface area contributed by atoms with E-state index in [1.165, 1.54) is 13.0 Å². The average molecular weight is 170 g/mol. The second kappa shape index (κ2) is 3.73. The van der Waals surface area contributed by atoms with Crippen molar-refractivity contribution in [1.82, 2.24) is 10.2 Å². The molecule has 0 aliphatic carbocycles. The van der Waals surface area contributed by atoms with Gasteiger partial charge in [-0.2, -0.15) is 0 Å². The molecule has 0 aromatic rings.